The second-order valence-electron chi connectivity index (χ2n) is 10.1. The Hall–Kier alpha value is -2.16. The van der Waals surface area contributed by atoms with Crippen molar-refractivity contribution in [3.8, 4) is 11.1 Å². The maximum absolute atomic E-state index is 14.0. The summed E-state index contributed by atoms with van der Waals surface area (Å²) in [5, 5.41) is 9.66. The average molecular weight is 521 g/mol. The van der Waals surface area contributed by atoms with Crippen LogP contribution in [0.25, 0.3) is 11.1 Å². The molecule has 0 spiro atoms. The van der Waals surface area contributed by atoms with Gasteiger partial charge in [0.15, 0.2) is 0 Å². The van der Waals surface area contributed by atoms with E-state index in [1.165, 1.54) is 24.6 Å². The molecule has 6 nitrogen and oxygen atoms in total. The van der Waals surface area contributed by atoms with Crippen molar-refractivity contribution < 1.29 is 22.7 Å². The van der Waals surface area contributed by atoms with Crippen LogP contribution < -0.4 is 4.90 Å². The van der Waals surface area contributed by atoms with Crippen molar-refractivity contribution in [2.45, 2.75) is 55.9 Å². The fourth-order valence-corrected chi connectivity index (χ4v) is 7.49. The van der Waals surface area contributed by atoms with Crippen molar-refractivity contribution in [1.82, 2.24) is 4.31 Å². The van der Waals surface area contributed by atoms with Crippen LogP contribution in [0.3, 0.4) is 0 Å². The highest BCUT2D eigenvalue weighted by atomic mass is 35.5. The topological polar surface area (TPSA) is 77.9 Å². The summed E-state index contributed by atoms with van der Waals surface area (Å²) in [4.78, 5) is 13.8. The number of halogens is 2. The van der Waals surface area contributed by atoms with E-state index in [9.17, 15) is 22.7 Å². The summed E-state index contributed by atoms with van der Waals surface area (Å²) in [6.07, 6.45) is 7.77. The molecule has 0 unspecified atom stereocenters. The molecule has 35 heavy (non-hydrogen) atoms. The number of aromatic carboxylic acids is 1. The molecule has 0 bridgehead atoms. The number of hydrogen-bond donors (Lipinski definition) is 1. The SMILES string of the molecule is CN1[C@H](C2CCCCC2)CN(CC2CC2)c2cc(Cl)c(-c3ccc(F)c(C(=O)O)c3)cc2S1(=O)=O. The third-order valence-electron chi connectivity index (χ3n) is 7.80. The fraction of sp³-hybridized carbons (Fsp3) is 0.500. The first-order chi connectivity index (χ1) is 16.7. The molecule has 1 heterocycles. The number of carbonyl (C=O) groups is 1. The normalized spacial score (nSPS) is 23.1. The lowest BCUT2D eigenvalue weighted by Gasteiger charge is -2.37. The van der Waals surface area contributed by atoms with Gasteiger partial charge in [-0.1, -0.05) is 36.9 Å². The molecule has 0 saturated heterocycles. The van der Waals surface area contributed by atoms with Gasteiger partial charge in [-0.3, -0.25) is 0 Å². The van der Waals surface area contributed by atoms with Crippen molar-refractivity contribution in [1.29, 1.82) is 0 Å². The highest BCUT2D eigenvalue weighted by molar-refractivity contribution is 7.89. The summed E-state index contributed by atoms with van der Waals surface area (Å²) in [5.74, 6) is -1.39. The summed E-state index contributed by atoms with van der Waals surface area (Å²) in [7, 11) is -2.17. The molecular formula is C26H30ClFN2O4S. The van der Waals surface area contributed by atoms with Gasteiger partial charge in [0.2, 0.25) is 10.0 Å². The van der Waals surface area contributed by atoms with Gasteiger partial charge in [0.1, 0.15) is 10.7 Å². The largest absolute Gasteiger partial charge is 0.478 e. The molecule has 188 valence electrons. The van der Waals surface area contributed by atoms with Crippen LogP contribution in [0.5, 0.6) is 0 Å². The van der Waals surface area contributed by atoms with Crippen LogP contribution >= 0.6 is 11.6 Å². The Morgan fingerprint density at radius 1 is 1.11 bits per heavy atom. The maximum Gasteiger partial charge on any atom is 0.338 e. The van der Waals surface area contributed by atoms with Crippen molar-refractivity contribution in [2.24, 2.45) is 11.8 Å². The van der Waals surface area contributed by atoms with Crippen LogP contribution in [0.2, 0.25) is 5.02 Å². The molecule has 1 N–H and O–H groups in total. The van der Waals surface area contributed by atoms with Crippen molar-refractivity contribution in [2.75, 3.05) is 25.0 Å². The highest BCUT2D eigenvalue weighted by Gasteiger charge is 2.41. The molecule has 0 amide bonds. The monoisotopic (exact) mass is 520 g/mol. The van der Waals surface area contributed by atoms with E-state index in [-0.39, 0.29) is 10.9 Å². The Balaban J connectivity index is 1.64. The average Bonchev–Trinajstić information content (AvgIpc) is 3.66. The Kier molecular flexibility index (Phi) is 6.57. The van der Waals surface area contributed by atoms with Crippen LogP contribution in [-0.2, 0) is 10.0 Å². The summed E-state index contributed by atoms with van der Waals surface area (Å²) >= 11 is 6.68. The number of nitrogens with zero attached hydrogens (tertiary/aromatic N) is 2. The van der Waals surface area contributed by atoms with E-state index in [1.807, 2.05) is 0 Å². The van der Waals surface area contributed by atoms with E-state index in [0.717, 1.165) is 51.1 Å². The lowest BCUT2D eigenvalue weighted by Crippen LogP contribution is -2.47. The molecule has 2 aromatic carbocycles. The van der Waals surface area contributed by atoms with Crippen LogP contribution in [0.4, 0.5) is 10.1 Å². The van der Waals surface area contributed by atoms with Gasteiger partial charge >= 0.3 is 5.97 Å². The number of carboxylic acids is 1. The molecule has 5 rings (SSSR count). The minimum absolute atomic E-state index is 0.127. The summed E-state index contributed by atoms with van der Waals surface area (Å²) < 4.78 is 43.5. The number of likely N-dealkylation sites (N-methyl/N-ethyl adjacent to an activating group) is 1. The third kappa shape index (κ3) is 4.68. The van der Waals surface area contributed by atoms with Gasteiger partial charge in [-0.15, -0.1) is 0 Å². The quantitative estimate of drug-likeness (QED) is 0.551. The van der Waals surface area contributed by atoms with Gasteiger partial charge in [0.25, 0.3) is 0 Å². The molecule has 0 aromatic heterocycles. The maximum atomic E-state index is 14.0. The Morgan fingerprint density at radius 3 is 2.49 bits per heavy atom. The number of rotatable bonds is 5. The summed E-state index contributed by atoms with van der Waals surface area (Å²) in [6.45, 7) is 1.41. The van der Waals surface area contributed by atoms with E-state index in [2.05, 4.69) is 4.90 Å². The van der Waals surface area contributed by atoms with Gasteiger partial charge in [0, 0.05) is 31.7 Å². The molecule has 1 aliphatic heterocycles. The second-order valence-corrected chi connectivity index (χ2v) is 12.5. The summed E-state index contributed by atoms with van der Waals surface area (Å²) in [5.41, 5.74) is 0.834. The van der Waals surface area contributed by atoms with Crippen LogP contribution in [0.15, 0.2) is 35.2 Å². The number of fused-ring (bicyclic) bond motifs is 1. The molecule has 2 aliphatic carbocycles. The highest BCUT2D eigenvalue weighted by Crippen LogP contribution is 2.44. The number of anilines is 1. The molecule has 0 radical (unpaired) electrons. The first-order valence-electron chi connectivity index (χ1n) is 12.3. The van der Waals surface area contributed by atoms with Gasteiger partial charge in [-0.25, -0.2) is 17.6 Å². The lowest BCUT2D eigenvalue weighted by molar-refractivity contribution is 0.0692. The van der Waals surface area contributed by atoms with Crippen LogP contribution in [0.1, 0.15) is 55.3 Å². The van der Waals surface area contributed by atoms with Crippen LogP contribution in [-0.4, -0.2) is 50.0 Å². The molecule has 1 atom stereocenters. The molecular weight excluding hydrogens is 491 g/mol. The zero-order chi connectivity index (χ0) is 24.9. The smallest absolute Gasteiger partial charge is 0.338 e. The van der Waals surface area contributed by atoms with E-state index in [1.54, 1.807) is 17.4 Å². The van der Waals surface area contributed by atoms with Crippen LogP contribution in [0, 0.1) is 17.7 Å². The van der Waals surface area contributed by atoms with Gasteiger partial charge < -0.3 is 10.0 Å². The third-order valence-corrected chi connectivity index (χ3v) is 10.0. The zero-order valence-corrected chi connectivity index (χ0v) is 21.3. The van der Waals surface area contributed by atoms with E-state index in [0.29, 0.717) is 40.2 Å². The fourth-order valence-electron chi connectivity index (χ4n) is 5.60. The first-order valence-corrected chi connectivity index (χ1v) is 14.1. The van der Waals surface area contributed by atoms with Crippen molar-refractivity contribution in [3.05, 3.63) is 46.7 Å². The standard InChI is InChI=1S/C26H30ClFN2O4S/c1-29-24(17-5-3-2-4-6-17)15-30(14-16-7-8-16)23-13-21(27)19(12-25(23)35(29,33)34)18-9-10-22(28)20(11-18)26(31)32/h9-13,16-17,24H,2-8,14-15H2,1H3,(H,31,32)/t24-/m0/s1. The Labute approximate surface area is 210 Å². The lowest BCUT2D eigenvalue weighted by atomic mass is 9.83. The zero-order valence-electron chi connectivity index (χ0n) is 19.7. The predicted octanol–water partition coefficient (Wildman–Crippen LogP) is 5.64. The molecule has 2 saturated carbocycles. The first kappa shape index (κ1) is 24.5. The van der Waals surface area contributed by atoms with Crippen molar-refractivity contribution >= 4 is 33.3 Å². The Morgan fingerprint density at radius 2 is 1.83 bits per heavy atom. The van der Waals surface area contributed by atoms with E-state index < -0.39 is 27.4 Å². The van der Waals surface area contributed by atoms with Gasteiger partial charge in [-0.2, -0.15) is 4.31 Å². The van der Waals surface area contributed by atoms with Crippen molar-refractivity contribution in [3.63, 3.8) is 0 Å². The number of carboxylic acid groups (broad SMARTS) is 1. The van der Waals surface area contributed by atoms with Gasteiger partial charge in [-0.05, 0) is 67.3 Å². The number of benzene rings is 2. The molecule has 2 aromatic rings. The minimum atomic E-state index is -3.84. The van der Waals surface area contributed by atoms with E-state index >= 15 is 0 Å². The Bertz CT molecular complexity index is 1260. The van der Waals surface area contributed by atoms with E-state index in [4.69, 9.17) is 11.6 Å². The molecule has 2 fully saturated rings. The second kappa shape index (κ2) is 9.37. The predicted molar refractivity (Wildman–Crippen MR) is 134 cm³/mol. The minimum Gasteiger partial charge on any atom is -0.478 e. The number of sulfonamides is 1. The van der Waals surface area contributed by atoms with Gasteiger partial charge in [0.05, 0.1) is 16.3 Å². The molecule has 3 aliphatic rings. The summed E-state index contributed by atoms with van der Waals surface area (Å²) in [6, 6.07) is 6.79. The number of hydrogen-bond acceptors (Lipinski definition) is 4. The molecule has 9 heteroatoms.